The number of aromatic nitrogens is 1. The molecular formula is C13H14ClFN2. The van der Waals surface area contributed by atoms with Crippen LogP contribution in [0.1, 0.15) is 26.5 Å². The van der Waals surface area contributed by atoms with Crippen molar-refractivity contribution in [3.63, 3.8) is 0 Å². The maximum atomic E-state index is 13.9. The van der Waals surface area contributed by atoms with Crippen LogP contribution in [0.4, 0.5) is 10.1 Å². The third-order valence-electron chi connectivity index (χ3n) is 2.67. The zero-order chi connectivity index (χ0) is 12.8. The summed E-state index contributed by atoms with van der Waals surface area (Å²) in [5, 5.41) is 0.662. The van der Waals surface area contributed by atoms with E-state index in [0.717, 1.165) is 5.69 Å². The fraction of sp³-hybridized carbons (Fsp3) is 0.308. The van der Waals surface area contributed by atoms with Crippen molar-refractivity contribution >= 4 is 28.2 Å². The predicted molar refractivity (Wildman–Crippen MR) is 69.8 cm³/mol. The SMILES string of the molecule is CC(C)(C)c1cc(N)c2ccc(Cl)c(F)c2n1. The number of nitrogens with two attached hydrogens (primary N) is 1. The lowest BCUT2D eigenvalue weighted by molar-refractivity contribution is 0.569. The predicted octanol–water partition coefficient (Wildman–Crippen LogP) is 3.91. The first-order valence-electron chi connectivity index (χ1n) is 5.35. The number of halogens is 2. The van der Waals surface area contributed by atoms with Gasteiger partial charge in [0.15, 0.2) is 5.82 Å². The normalized spacial score (nSPS) is 12.1. The topological polar surface area (TPSA) is 38.9 Å². The van der Waals surface area contributed by atoms with Gasteiger partial charge in [-0.3, -0.25) is 0 Å². The van der Waals surface area contributed by atoms with Crippen molar-refractivity contribution in [2.75, 3.05) is 5.73 Å². The molecule has 0 bridgehead atoms. The van der Waals surface area contributed by atoms with E-state index in [9.17, 15) is 4.39 Å². The molecule has 0 radical (unpaired) electrons. The number of nitrogens with zero attached hydrogens (tertiary/aromatic N) is 1. The lowest BCUT2D eigenvalue weighted by Gasteiger charge is -2.19. The largest absolute Gasteiger partial charge is 0.398 e. The maximum absolute atomic E-state index is 13.9. The number of anilines is 1. The molecule has 0 spiro atoms. The second-order valence-electron chi connectivity index (χ2n) is 5.10. The summed E-state index contributed by atoms with van der Waals surface area (Å²) in [7, 11) is 0. The van der Waals surface area contributed by atoms with Gasteiger partial charge < -0.3 is 5.73 Å². The van der Waals surface area contributed by atoms with E-state index in [-0.39, 0.29) is 16.0 Å². The van der Waals surface area contributed by atoms with Crippen molar-refractivity contribution in [1.29, 1.82) is 0 Å². The van der Waals surface area contributed by atoms with E-state index < -0.39 is 5.82 Å². The van der Waals surface area contributed by atoms with Crippen LogP contribution >= 0.6 is 11.6 Å². The maximum Gasteiger partial charge on any atom is 0.168 e. The molecule has 2 N–H and O–H groups in total. The molecule has 0 aliphatic rings. The second kappa shape index (κ2) is 3.84. The lowest BCUT2D eigenvalue weighted by Crippen LogP contribution is -2.14. The van der Waals surface area contributed by atoms with Crippen molar-refractivity contribution in [1.82, 2.24) is 4.98 Å². The average Bonchev–Trinajstić information content (AvgIpc) is 2.22. The Hall–Kier alpha value is -1.35. The second-order valence-corrected chi connectivity index (χ2v) is 5.51. The number of pyridine rings is 1. The minimum absolute atomic E-state index is 0.0652. The highest BCUT2D eigenvalue weighted by Gasteiger charge is 2.19. The lowest BCUT2D eigenvalue weighted by atomic mass is 9.91. The van der Waals surface area contributed by atoms with Crippen molar-refractivity contribution in [2.24, 2.45) is 0 Å². The molecule has 0 saturated heterocycles. The highest BCUT2D eigenvalue weighted by atomic mass is 35.5. The first-order chi connectivity index (χ1) is 7.80. The van der Waals surface area contributed by atoms with Crippen LogP contribution < -0.4 is 5.73 Å². The number of hydrogen-bond acceptors (Lipinski definition) is 2. The fourth-order valence-corrected chi connectivity index (χ4v) is 1.80. The molecule has 0 aliphatic heterocycles. The molecule has 0 saturated carbocycles. The summed E-state index contributed by atoms with van der Waals surface area (Å²) in [6, 6.07) is 4.97. The molecule has 2 rings (SSSR count). The van der Waals surface area contributed by atoms with E-state index in [4.69, 9.17) is 17.3 Å². The van der Waals surface area contributed by atoms with Gasteiger partial charge in [0.25, 0.3) is 0 Å². The number of fused-ring (bicyclic) bond motifs is 1. The Bertz CT molecular complexity index is 588. The van der Waals surface area contributed by atoms with Gasteiger partial charge in [-0.1, -0.05) is 32.4 Å². The van der Waals surface area contributed by atoms with Crippen molar-refractivity contribution < 1.29 is 4.39 Å². The van der Waals surface area contributed by atoms with Crippen LogP contribution in [-0.2, 0) is 5.41 Å². The van der Waals surface area contributed by atoms with E-state index in [1.54, 1.807) is 12.1 Å². The summed E-state index contributed by atoms with van der Waals surface area (Å²) in [6.07, 6.45) is 0. The van der Waals surface area contributed by atoms with Crippen LogP contribution in [-0.4, -0.2) is 4.98 Å². The van der Waals surface area contributed by atoms with E-state index in [1.807, 2.05) is 20.8 Å². The summed E-state index contributed by atoms with van der Waals surface area (Å²) in [6.45, 7) is 6.01. The smallest absolute Gasteiger partial charge is 0.168 e. The molecule has 2 aromatic rings. The Morgan fingerprint density at radius 3 is 2.53 bits per heavy atom. The van der Waals surface area contributed by atoms with Crippen LogP contribution in [0.5, 0.6) is 0 Å². The van der Waals surface area contributed by atoms with E-state index >= 15 is 0 Å². The van der Waals surface area contributed by atoms with Crippen molar-refractivity contribution in [2.45, 2.75) is 26.2 Å². The van der Waals surface area contributed by atoms with E-state index in [1.165, 1.54) is 6.07 Å². The molecule has 0 aliphatic carbocycles. The van der Waals surface area contributed by atoms with E-state index in [2.05, 4.69) is 4.98 Å². The van der Waals surface area contributed by atoms with Crippen LogP contribution in [0.25, 0.3) is 10.9 Å². The Kier molecular flexibility index (Phi) is 2.74. The molecular weight excluding hydrogens is 239 g/mol. The van der Waals surface area contributed by atoms with Gasteiger partial charge in [0, 0.05) is 22.2 Å². The summed E-state index contributed by atoms with van der Waals surface area (Å²) in [5.74, 6) is -0.512. The molecule has 1 heterocycles. The van der Waals surface area contributed by atoms with Gasteiger partial charge in [0.05, 0.1) is 5.02 Å². The van der Waals surface area contributed by atoms with Gasteiger partial charge in [-0.15, -0.1) is 0 Å². The summed E-state index contributed by atoms with van der Waals surface area (Å²) in [5.41, 5.74) is 7.25. The van der Waals surface area contributed by atoms with Crippen LogP contribution in [0, 0.1) is 5.82 Å². The van der Waals surface area contributed by atoms with Crippen molar-refractivity contribution in [3.8, 4) is 0 Å². The third kappa shape index (κ3) is 2.07. The first-order valence-corrected chi connectivity index (χ1v) is 5.73. The van der Waals surface area contributed by atoms with E-state index in [0.29, 0.717) is 11.1 Å². The molecule has 0 fully saturated rings. The third-order valence-corrected chi connectivity index (χ3v) is 2.96. The number of rotatable bonds is 0. The Morgan fingerprint density at radius 2 is 1.94 bits per heavy atom. The molecule has 0 amide bonds. The Balaban J connectivity index is 2.84. The van der Waals surface area contributed by atoms with Gasteiger partial charge in [0.1, 0.15) is 5.52 Å². The number of hydrogen-bond donors (Lipinski definition) is 1. The standard InChI is InChI=1S/C13H14ClFN2/c1-13(2,3)10-6-9(16)7-4-5-8(14)11(15)12(7)17-10/h4-6H,1-3H3,(H2,16,17). The number of benzene rings is 1. The van der Waals surface area contributed by atoms with Gasteiger partial charge in [-0.25, -0.2) is 9.37 Å². The zero-order valence-corrected chi connectivity index (χ0v) is 10.8. The zero-order valence-electron chi connectivity index (χ0n) is 10.0. The first kappa shape index (κ1) is 12.1. The molecule has 4 heteroatoms. The molecule has 2 nitrogen and oxygen atoms in total. The van der Waals surface area contributed by atoms with Crippen LogP contribution in [0.2, 0.25) is 5.02 Å². The Morgan fingerprint density at radius 1 is 1.29 bits per heavy atom. The van der Waals surface area contributed by atoms with Crippen molar-refractivity contribution in [3.05, 3.63) is 34.7 Å². The molecule has 90 valence electrons. The van der Waals surface area contributed by atoms with Gasteiger partial charge >= 0.3 is 0 Å². The fourth-order valence-electron chi connectivity index (χ4n) is 1.64. The minimum Gasteiger partial charge on any atom is -0.398 e. The molecule has 0 unspecified atom stereocenters. The average molecular weight is 253 g/mol. The monoisotopic (exact) mass is 252 g/mol. The van der Waals surface area contributed by atoms with Gasteiger partial charge in [0.2, 0.25) is 0 Å². The minimum atomic E-state index is -0.512. The quantitative estimate of drug-likeness (QED) is 0.772. The van der Waals surface area contributed by atoms with Crippen LogP contribution in [0.3, 0.4) is 0 Å². The molecule has 17 heavy (non-hydrogen) atoms. The Labute approximate surface area is 105 Å². The molecule has 1 aromatic heterocycles. The summed E-state index contributed by atoms with van der Waals surface area (Å²) in [4.78, 5) is 4.33. The van der Waals surface area contributed by atoms with Crippen LogP contribution in [0.15, 0.2) is 18.2 Å². The van der Waals surface area contributed by atoms with Gasteiger partial charge in [-0.2, -0.15) is 0 Å². The van der Waals surface area contributed by atoms with Gasteiger partial charge in [-0.05, 0) is 18.2 Å². The molecule has 1 aromatic carbocycles. The number of nitrogen functional groups attached to an aromatic ring is 1. The summed E-state index contributed by atoms with van der Waals surface area (Å²) >= 11 is 5.75. The summed E-state index contributed by atoms with van der Waals surface area (Å²) < 4.78 is 13.9. The highest BCUT2D eigenvalue weighted by molar-refractivity contribution is 6.31. The highest BCUT2D eigenvalue weighted by Crippen LogP contribution is 2.31. The molecule has 0 atom stereocenters.